The zero-order valence-electron chi connectivity index (χ0n) is 12.0. The first-order chi connectivity index (χ1) is 10.1. The number of hydrogen-bond acceptors (Lipinski definition) is 3. The molecule has 0 saturated carbocycles. The number of H-pyrrole nitrogens is 1. The lowest BCUT2D eigenvalue weighted by molar-refractivity contribution is -0.118. The van der Waals surface area contributed by atoms with Crippen LogP contribution in [0, 0.1) is 6.92 Å². The molecule has 7 heteroatoms. The molecule has 3 rings (SSSR count). The molecule has 0 spiro atoms. The molecule has 1 atom stereocenters. The molecule has 21 heavy (non-hydrogen) atoms. The molecule has 2 aromatic rings. The number of anilines is 1. The summed E-state index contributed by atoms with van der Waals surface area (Å²) in [6, 6.07) is 4.80. The number of carbonyl (C=O) groups excluding carboxylic acids is 2. The van der Waals surface area contributed by atoms with Crippen LogP contribution in [0.15, 0.2) is 24.4 Å². The summed E-state index contributed by atoms with van der Waals surface area (Å²) in [6.07, 6.45) is 2.27. The Morgan fingerprint density at radius 2 is 2.33 bits per heavy atom. The summed E-state index contributed by atoms with van der Waals surface area (Å²) in [6.45, 7) is 2.46. The largest absolute Gasteiger partial charge is 0.357 e. The van der Waals surface area contributed by atoms with Crippen molar-refractivity contribution in [1.82, 2.24) is 20.1 Å². The SMILES string of the molecule is Cc1cc(N2CCC(NC(=O)c3ccc[nH]3)C2=O)n(C)n1. The normalized spacial score (nSPS) is 18.3. The van der Waals surface area contributed by atoms with Gasteiger partial charge in [-0.3, -0.25) is 19.2 Å². The zero-order chi connectivity index (χ0) is 15.0. The van der Waals surface area contributed by atoms with E-state index < -0.39 is 6.04 Å². The first-order valence-corrected chi connectivity index (χ1v) is 6.82. The van der Waals surface area contributed by atoms with Crippen LogP contribution in [0.4, 0.5) is 5.82 Å². The smallest absolute Gasteiger partial charge is 0.268 e. The number of amides is 2. The molecule has 0 aliphatic carbocycles. The molecule has 1 aliphatic heterocycles. The summed E-state index contributed by atoms with van der Waals surface area (Å²) in [5.74, 6) is 0.397. The average molecular weight is 287 g/mol. The van der Waals surface area contributed by atoms with Crippen LogP contribution in [0.5, 0.6) is 0 Å². The average Bonchev–Trinajstić information content (AvgIpc) is 3.13. The monoisotopic (exact) mass is 287 g/mol. The van der Waals surface area contributed by atoms with Crippen molar-refractivity contribution in [2.45, 2.75) is 19.4 Å². The van der Waals surface area contributed by atoms with Gasteiger partial charge in [0.2, 0.25) is 0 Å². The molecule has 3 heterocycles. The number of carbonyl (C=O) groups is 2. The summed E-state index contributed by atoms with van der Waals surface area (Å²) < 4.78 is 1.68. The van der Waals surface area contributed by atoms with Gasteiger partial charge in [-0.15, -0.1) is 0 Å². The predicted molar refractivity (Wildman–Crippen MR) is 77.0 cm³/mol. The topological polar surface area (TPSA) is 83.0 Å². The van der Waals surface area contributed by atoms with Crippen LogP contribution in [-0.4, -0.2) is 39.2 Å². The maximum Gasteiger partial charge on any atom is 0.268 e. The molecule has 2 amide bonds. The number of aryl methyl sites for hydroxylation is 2. The molecule has 1 aliphatic rings. The maximum absolute atomic E-state index is 12.4. The van der Waals surface area contributed by atoms with Gasteiger partial charge in [0.15, 0.2) is 0 Å². The molecule has 0 radical (unpaired) electrons. The van der Waals surface area contributed by atoms with Gasteiger partial charge >= 0.3 is 0 Å². The van der Waals surface area contributed by atoms with Gasteiger partial charge in [-0.1, -0.05) is 0 Å². The first kappa shape index (κ1) is 13.4. The summed E-state index contributed by atoms with van der Waals surface area (Å²) in [7, 11) is 1.81. The second-order valence-electron chi connectivity index (χ2n) is 5.16. The van der Waals surface area contributed by atoms with E-state index in [0.29, 0.717) is 18.7 Å². The van der Waals surface area contributed by atoms with Crippen LogP contribution in [0.25, 0.3) is 0 Å². The number of rotatable bonds is 3. The molecule has 2 N–H and O–H groups in total. The minimum absolute atomic E-state index is 0.0992. The molecule has 110 valence electrons. The van der Waals surface area contributed by atoms with E-state index in [2.05, 4.69) is 15.4 Å². The Labute approximate surface area is 121 Å². The lowest BCUT2D eigenvalue weighted by atomic mass is 10.2. The zero-order valence-corrected chi connectivity index (χ0v) is 12.0. The Bertz CT molecular complexity index is 674. The number of nitrogens with one attached hydrogen (secondary N) is 2. The van der Waals surface area contributed by atoms with Crippen molar-refractivity contribution in [3.05, 3.63) is 35.8 Å². The summed E-state index contributed by atoms with van der Waals surface area (Å²) in [5.41, 5.74) is 1.32. The van der Waals surface area contributed by atoms with E-state index in [9.17, 15) is 9.59 Å². The number of hydrogen-bond donors (Lipinski definition) is 2. The Morgan fingerprint density at radius 1 is 1.52 bits per heavy atom. The molecular formula is C14H17N5O2. The third-order valence-corrected chi connectivity index (χ3v) is 3.61. The van der Waals surface area contributed by atoms with Gasteiger partial charge in [-0.25, -0.2) is 0 Å². The van der Waals surface area contributed by atoms with Gasteiger partial charge < -0.3 is 10.3 Å². The quantitative estimate of drug-likeness (QED) is 0.866. The molecule has 7 nitrogen and oxygen atoms in total. The Morgan fingerprint density at radius 3 is 2.95 bits per heavy atom. The fourth-order valence-electron chi connectivity index (χ4n) is 2.60. The van der Waals surface area contributed by atoms with Crippen LogP contribution in [0.3, 0.4) is 0 Å². The summed E-state index contributed by atoms with van der Waals surface area (Å²) in [4.78, 5) is 28.9. The van der Waals surface area contributed by atoms with E-state index in [1.807, 2.05) is 13.0 Å². The van der Waals surface area contributed by atoms with Gasteiger partial charge in [0, 0.05) is 25.9 Å². The van der Waals surface area contributed by atoms with E-state index in [1.165, 1.54) is 0 Å². The first-order valence-electron chi connectivity index (χ1n) is 6.82. The van der Waals surface area contributed by atoms with Gasteiger partial charge in [0.1, 0.15) is 17.6 Å². The van der Waals surface area contributed by atoms with E-state index in [1.54, 1.807) is 35.0 Å². The molecule has 1 saturated heterocycles. The van der Waals surface area contributed by atoms with Crippen molar-refractivity contribution < 1.29 is 9.59 Å². The third kappa shape index (κ3) is 2.42. The standard InChI is InChI=1S/C14H17N5O2/c1-9-8-12(18(2)17-9)19-7-5-11(14(19)21)16-13(20)10-4-3-6-15-10/h3-4,6,8,11,15H,5,7H2,1-2H3,(H,16,20). The van der Waals surface area contributed by atoms with Crippen molar-refractivity contribution in [2.75, 3.05) is 11.4 Å². The number of aromatic nitrogens is 3. The highest BCUT2D eigenvalue weighted by atomic mass is 16.2. The van der Waals surface area contributed by atoms with Crippen molar-refractivity contribution in [1.29, 1.82) is 0 Å². The third-order valence-electron chi connectivity index (χ3n) is 3.61. The van der Waals surface area contributed by atoms with Crippen molar-refractivity contribution in [3.8, 4) is 0 Å². The van der Waals surface area contributed by atoms with E-state index >= 15 is 0 Å². The highest BCUT2D eigenvalue weighted by Gasteiger charge is 2.35. The Hall–Kier alpha value is -2.57. The molecule has 2 aromatic heterocycles. The van der Waals surface area contributed by atoms with Crippen LogP contribution < -0.4 is 10.2 Å². The van der Waals surface area contributed by atoms with Crippen LogP contribution in [0.1, 0.15) is 22.6 Å². The van der Waals surface area contributed by atoms with Gasteiger partial charge in [-0.2, -0.15) is 5.10 Å². The fraction of sp³-hybridized carbons (Fsp3) is 0.357. The molecule has 1 fully saturated rings. The maximum atomic E-state index is 12.4. The summed E-state index contributed by atoms with van der Waals surface area (Å²) in [5, 5.41) is 7.01. The van der Waals surface area contributed by atoms with Gasteiger partial charge in [-0.05, 0) is 25.5 Å². The van der Waals surface area contributed by atoms with Crippen LogP contribution in [-0.2, 0) is 11.8 Å². The molecule has 0 bridgehead atoms. The molecule has 0 aromatic carbocycles. The number of nitrogens with zero attached hydrogens (tertiary/aromatic N) is 3. The second kappa shape index (κ2) is 5.08. The highest BCUT2D eigenvalue weighted by molar-refractivity contribution is 6.03. The Balaban J connectivity index is 1.72. The minimum Gasteiger partial charge on any atom is -0.357 e. The van der Waals surface area contributed by atoms with Gasteiger partial charge in [0.25, 0.3) is 11.8 Å². The van der Waals surface area contributed by atoms with E-state index in [-0.39, 0.29) is 11.8 Å². The van der Waals surface area contributed by atoms with E-state index in [4.69, 9.17) is 0 Å². The van der Waals surface area contributed by atoms with Gasteiger partial charge in [0.05, 0.1) is 5.69 Å². The van der Waals surface area contributed by atoms with Crippen LogP contribution >= 0.6 is 0 Å². The highest BCUT2D eigenvalue weighted by Crippen LogP contribution is 2.22. The van der Waals surface area contributed by atoms with Crippen molar-refractivity contribution >= 4 is 17.6 Å². The molecular weight excluding hydrogens is 270 g/mol. The Kier molecular flexibility index (Phi) is 3.25. The lowest BCUT2D eigenvalue weighted by Crippen LogP contribution is -2.42. The fourth-order valence-corrected chi connectivity index (χ4v) is 2.60. The van der Waals surface area contributed by atoms with E-state index in [0.717, 1.165) is 11.5 Å². The predicted octanol–water partition coefficient (Wildman–Crippen LogP) is 0.592. The lowest BCUT2D eigenvalue weighted by Gasteiger charge is -2.16. The number of aromatic amines is 1. The second-order valence-corrected chi connectivity index (χ2v) is 5.16. The molecule has 1 unspecified atom stereocenters. The van der Waals surface area contributed by atoms with Crippen LogP contribution in [0.2, 0.25) is 0 Å². The summed E-state index contributed by atoms with van der Waals surface area (Å²) >= 11 is 0. The minimum atomic E-state index is -0.490. The van der Waals surface area contributed by atoms with Crippen molar-refractivity contribution in [3.63, 3.8) is 0 Å². The van der Waals surface area contributed by atoms with Crippen molar-refractivity contribution in [2.24, 2.45) is 7.05 Å².